The molecule has 0 saturated heterocycles. The van der Waals surface area contributed by atoms with Gasteiger partial charge in [-0.1, -0.05) is 11.6 Å². The highest BCUT2D eigenvalue weighted by atomic mass is 35.5. The van der Waals surface area contributed by atoms with Crippen LogP contribution >= 0.6 is 11.6 Å². The number of hydrogen-bond donors (Lipinski definition) is 1. The number of carbonyl (C=O) groups excluding carboxylic acids is 1. The van der Waals surface area contributed by atoms with Crippen molar-refractivity contribution in [3.63, 3.8) is 0 Å². The lowest BCUT2D eigenvalue weighted by Crippen LogP contribution is -2.20. The first-order chi connectivity index (χ1) is 8.88. The number of rotatable bonds is 1. The second-order valence-corrected chi connectivity index (χ2v) is 3.98. The molecule has 2 aromatic rings. The third-order valence-corrected chi connectivity index (χ3v) is 2.58. The highest BCUT2D eigenvalue weighted by Crippen LogP contribution is 2.33. The van der Waals surface area contributed by atoms with Crippen molar-refractivity contribution in [2.75, 3.05) is 5.32 Å². The Morgan fingerprint density at radius 3 is 2.68 bits per heavy atom. The van der Waals surface area contributed by atoms with Crippen LogP contribution in [0.4, 0.5) is 23.7 Å². The maximum Gasteiger partial charge on any atom is 0.416 e. The van der Waals surface area contributed by atoms with Crippen molar-refractivity contribution in [2.45, 2.75) is 6.18 Å². The minimum absolute atomic E-state index is 0.00788. The number of halogens is 4. The van der Waals surface area contributed by atoms with E-state index in [1.54, 1.807) is 0 Å². The minimum atomic E-state index is -4.50. The Hall–Kier alpha value is -2.02. The molecule has 1 amide bonds. The number of hydrogen-bond acceptors (Lipinski definition) is 2. The number of carbonyl (C=O) groups is 1. The number of alkyl halides is 3. The van der Waals surface area contributed by atoms with Crippen molar-refractivity contribution in [3.05, 3.63) is 47.2 Å². The standard InChI is InChI=1S/C11H7ClF3N3O/c12-8-3-2-7(11(13,14)15)6-9(8)17-10(19)18-5-1-4-16-18/h1-6H,(H,17,19). The van der Waals surface area contributed by atoms with Crippen molar-refractivity contribution in [1.82, 2.24) is 9.78 Å². The van der Waals surface area contributed by atoms with E-state index in [1.165, 1.54) is 18.5 Å². The van der Waals surface area contributed by atoms with E-state index >= 15 is 0 Å². The minimum Gasteiger partial charge on any atom is -0.305 e. The van der Waals surface area contributed by atoms with E-state index in [1.807, 2.05) is 0 Å². The first-order valence-corrected chi connectivity index (χ1v) is 5.43. The lowest BCUT2D eigenvalue weighted by Gasteiger charge is -2.11. The van der Waals surface area contributed by atoms with E-state index in [9.17, 15) is 18.0 Å². The van der Waals surface area contributed by atoms with Gasteiger partial charge in [-0.15, -0.1) is 0 Å². The second-order valence-electron chi connectivity index (χ2n) is 3.57. The fourth-order valence-corrected chi connectivity index (χ4v) is 1.52. The molecule has 100 valence electrons. The van der Waals surface area contributed by atoms with Gasteiger partial charge in [0.25, 0.3) is 0 Å². The Balaban J connectivity index is 2.27. The van der Waals surface area contributed by atoms with Crippen LogP contribution in [0.1, 0.15) is 5.56 Å². The fraction of sp³-hybridized carbons (Fsp3) is 0.0909. The van der Waals surface area contributed by atoms with Crippen LogP contribution in [0.15, 0.2) is 36.7 Å². The van der Waals surface area contributed by atoms with E-state index in [2.05, 4.69) is 10.4 Å². The van der Waals surface area contributed by atoms with Crippen LogP contribution in [0.3, 0.4) is 0 Å². The Bertz CT molecular complexity index is 596. The van der Waals surface area contributed by atoms with Gasteiger partial charge in [-0.05, 0) is 24.3 Å². The number of amides is 1. The van der Waals surface area contributed by atoms with E-state index < -0.39 is 17.8 Å². The molecule has 2 rings (SSSR count). The van der Waals surface area contributed by atoms with Crippen LogP contribution < -0.4 is 5.32 Å². The predicted octanol–water partition coefficient (Wildman–Crippen LogP) is 3.64. The van der Waals surface area contributed by atoms with Crippen LogP contribution in [0, 0.1) is 0 Å². The average molecular weight is 290 g/mol. The molecule has 8 heteroatoms. The summed E-state index contributed by atoms with van der Waals surface area (Å²) >= 11 is 5.74. The van der Waals surface area contributed by atoms with E-state index in [4.69, 9.17) is 11.6 Å². The summed E-state index contributed by atoms with van der Waals surface area (Å²) in [7, 11) is 0. The molecule has 1 N–H and O–H groups in total. The predicted molar refractivity (Wildman–Crippen MR) is 63.1 cm³/mol. The Labute approximate surface area is 110 Å². The fourth-order valence-electron chi connectivity index (χ4n) is 1.36. The number of nitrogens with zero attached hydrogens (tertiary/aromatic N) is 2. The maximum absolute atomic E-state index is 12.5. The number of aromatic nitrogens is 2. The third-order valence-electron chi connectivity index (χ3n) is 2.25. The molecule has 1 aromatic carbocycles. The van der Waals surface area contributed by atoms with Gasteiger partial charge in [0.05, 0.1) is 16.3 Å². The van der Waals surface area contributed by atoms with Crippen LogP contribution in [0.5, 0.6) is 0 Å². The van der Waals surface area contributed by atoms with Gasteiger partial charge in [0.2, 0.25) is 0 Å². The Morgan fingerprint density at radius 1 is 1.37 bits per heavy atom. The highest BCUT2D eigenvalue weighted by Gasteiger charge is 2.31. The van der Waals surface area contributed by atoms with Gasteiger partial charge in [0.15, 0.2) is 0 Å². The zero-order valence-electron chi connectivity index (χ0n) is 9.28. The third kappa shape index (κ3) is 3.05. The summed E-state index contributed by atoms with van der Waals surface area (Å²) in [5, 5.41) is 5.92. The van der Waals surface area contributed by atoms with Crippen LogP contribution in [0.2, 0.25) is 5.02 Å². The molecule has 19 heavy (non-hydrogen) atoms. The Morgan fingerprint density at radius 2 is 2.11 bits per heavy atom. The summed E-state index contributed by atoms with van der Waals surface area (Å²) in [5.41, 5.74) is -1.02. The number of anilines is 1. The summed E-state index contributed by atoms with van der Waals surface area (Å²) < 4.78 is 38.6. The molecular formula is C11H7ClF3N3O. The Kier molecular flexibility index (Phi) is 3.48. The zero-order chi connectivity index (χ0) is 14.0. The zero-order valence-corrected chi connectivity index (χ0v) is 10.0. The largest absolute Gasteiger partial charge is 0.416 e. The van der Waals surface area contributed by atoms with Crippen molar-refractivity contribution in [1.29, 1.82) is 0 Å². The van der Waals surface area contributed by atoms with Crippen LogP contribution in [-0.4, -0.2) is 15.8 Å². The van der Waals surface area contributed by atoms with Gasteiger partial charge >= 0.3 is 12.2 Å². The van der Waals surface area contributed by atoms with Gasteiger partial charge in [0.1, 0.15) is 0 Å². The average Bonchev–Trinajstić information content (AvgIpc) is 2.84. The SMILES string of the molecule is O=C(Nc1cc(C(F)(F)F)ccc1Cl)n1cccn1. The van der Waals surface area contributed by atoms with Gasteiger partial charge < -0.3 is 5.32 Å². The molecule has 0 bridgehead atoms. The molecule has 0 saturated carbocycles. The molecule has 0 fully saturated rings. The smallest absolute Gasteiger partial charge is 0.305 e. The van der Waals surface area contributed by atoms with E-state index in [0.717, 1.165) is 22.9 Å². The molecular weight excluding hydrogens is 283 g/mol. The molecule has 4 nitrogen and oxygen atoms in total. The monoisotopic (exact) mass is 289 g/mol. The molecule has 0 radical (unpaired) electrons. The van der Waals surface area contributed by atoms with Crippen LogP contribution in [0.25, 0.3) is 0 Å². The summed E-state index contributed by atoms with van der Waals surface area (Å²) in [6.07, 6.45) is -1.78. The van der Waals surface area contributed by atoms with Gasteiger partial charge in [-0.2, -0.15) is 23.0 Å². The second kappa shape index (κ2) is 4.93. The van der Waals surface area contributed by atoms with Gasteiger partial charge in [-0.25, -0.2) is 4.79 Å². The first kappa shape index (κ1) is 13.4. The van der Waals surface area contributed by atoms with Crippen molar-refractivity contribution in [3.8, 4) is 0 Å². The lowest BCUT2D eigenvalue weighted by molar-refractivity contribution is -0.137. The summed E-state index contributed by atoms with van der Waals surface area (Å²) in [4.78, 5) is 11.6. The van der Waals surface area contributed by atoms with Crippen LogP contribution in [-0.2, 0) is 6.18 Å². The van der Waals surface area contributed by atoms with E-state index in [0.29, 0.717) is 0 Å². The number of nitrogens with one attached hydrogen (secondary N) is 1. The molecule has 1 heterocycles. The molecule has 0 aliphatic heterocycles. The van der Waals surface area contributed by atoms with Gasteiger partial charge in [-0.3, -0.25) is 0 Å². The molecule has 1 aromatic heterocycles. The maximum atomic E-state index is 12.5. The molecule has 0 unspecified atom stereocenters. The summed E-state index contributed by atoms with van der Waals surface area (Å²) in [6, 6.07) is 3.48. The van der Waals surface area contributed by atoms with E-state index in [-0.39, 0.29) is 10.7 Å². The molecule has 0 aliphatic rings. The summed E-state index contributed by atoms with van der Waals surface area (Å²) in [6.45, 7) is 0. The van der Waals surface area contributed by atoms with Crippen molar-refractivity contribution < 1.29 is 18.0 Å². The summed E-state index contributed by atoms with van der Waals surface area (Å²) in [5.74, 6) is 0. The van der Waals surface area contributed by atoms with Crippen molar-refractivity contribution in [2.24, 2.45) is 0 Å². The van der Waals surface area contributed by atoms with Gasteiger partial charge in [0, 0.05) is 12.4 Å². The molecule has 0 spiro atoms. The molecule has 0 atom stereocenters. The first-order valence-electron chi connectivity index (χ1n) is 5.05. The normalized spacial score (nSPS) is 11.4. The quantitative estimate of drug-likeness (QED) is 0.871. The highest BCUT2D eigenvalue weighted by molar-refractivity contribution is 6.33. The number of benzene rings is 1. The molecule has 0 aliphatic carbocycles. The van der Waals surface area contributed by atoms with Crippen molar-refractivity contribution >= 4 is 23.3 Å². The topological polar surface area (TPSA) is 46.9 Å². The lowest BCUT2D eigenvalue weighted by atomic mass is 10.2.